The fourth-order valence-electron chi connectivity index (χ4n) is 2.65. The van der Waals surface area contributed by atoms with Crippen LogP contribution in [0.1, 0.15) is 28.0 Å². The molecule has 1 atom stereocenters. The average Bonchev–Trinajstić information content (AvgIpc) is 2.55. The van der Waals surface area contributed by atoms with Gasteiger partial charge in [-0.1, -0.05) is 24.3 Å². The molecule has 0 saturated heterocycles. The molecular weight excluding hydrogens is 264 g/mol. The molecule has 1 aromatic heterocycles. The monoisotopic (exact) mass is 282 g/mol. The molecule has 1 unspecified atom stereocenters. The lowest BCUT2D eigenvalue weighted by Gasteiger charge is -2.25. The van der Waals surface area contributed by atoms with Crippen LogP contribution in [0, 0.1) is 0 Å². The lowest BCUT2D eigenvalue weighted by Crippen LogP contribution is -2.39. The highest BCUT2D eigenvalue weighted by Gasteiger charge is 2.20. The summed E-state index contributed by atoms with van der Waals surface area (Å²) in [6.45, 7) is 0. The summed E-state index contributed by atoms with van der Waals surface area (Å²) in [5.74, 6) is 0.493. The maximum atomic E-state index is 12.2. The molecule has 0 aliphatic heterocycles. The third kappa shape index (κ3) is 3.02. The van der Waals surface area contributed by atoms with Gasteiger partial charge in [-0.05, 0) is 30.4 Å². The van der Waals surface area contributed by atoms with Gasteiger partial charge in [-0.25, -0.2) is 9.97 Å². The Morgan fingerprint density at radius 2 is 2.00 bits per heavy atom. The molecule has 2 aromatic rings. The zero-order valence-corrected chi connectivity index (χ0v) is 12.0. The minimum absolute atomic E-state index is 0.158. The van der Waals surface area contributed by atoms with Gasteiger partial charge in [0.15, 0.2) is 0 Å². The van der Waals surface area contributed by atoms with Crippen molar-refractivity contribution in [2.75, 3.05) is 12.4 Å². The average molecular weight is 282 g/mol. The summed E-state index contributed by atoms with van der Waals surface area (Å²) in [6, 6.07) is 8.57. The van der Waals surface area contributed by atoms with Gasteiger partial charge in [0.1, 0.15) is 11.5 Å². The fraction of sp³-hybridized carbons (Fsp3) is 0.312. The Hall–Kier alpha value is -2.43. The predicted octanol–water partition coefficient (Wildman–Crippen LogP) is 1.81. The highest BCUT2D eigenvalue weighted by Crippen LogP contribution is 2.21. The van der Waals surface area contributed by atoms with Crippen LogP contribution in [0.5, 0.6) is 0 Å². The zero-order chi connectivity index (χ0) is 14.7. The van der Waals surface area contributed by atoms with Gasteiger partial charge in [0.25, 0.3) is 5.91 Å². The molecule has 0 fully saturated rings. The van der Waals surface area contributed by atoms with E-state index in [0.717, 1.165) is 19.3 Å². The lowest BCUT2D eigenvalue weighted by molar-refractivity contribution is 0.0928. The SMILES string of the molecule is CNc1cnc(C(=O)NC2CCc3ccccc3C2)cn1. The lowest BCUT2D eigenvalue weighted by atomic mass is 9.88. The smallest absolute Gasteiger partial charge is 0.271 e. The number of benzene rings is 1. The van der Waals surface area contributed by atoms with Crippen molar-refractivity contribution in [2.24, 2.45) is 0 Å². The molecule has 5 nitrogen and oxygen atoms in total. The first kappa shape index (κ1) is 13.5. The quantitative estimate of drug-likeness (QED) is 0.901. The van der Waals surface area contributed by atoms with E-state index >= 15 is 0 Å². The van der Waals surface area contributed by atoms with E-state index in [4.69, 9.17) is 0 Å². The largest absolute Gasteiger partial charge is 0.372 e. The molecule has 1 amide bonds. The molecular formula is C16H18N4O. The van der Waals surface area contributed by atoms with Gasteiger partial charge in [-0.3, -0.25) is 4.79 Å². The standard InChI is InChI=1S/C16H18N4O/c1-17-15-10-18-14(9-19-15)16(21)20-13-7-6-11-4-2-3-5-12(11)8-13/h2-5,9-10,13H,6-8H2,1H3,(H,17,19)(H,20,21). The molecule has 108 valence electrons. The number of nitrogens with one attached hydrogen (secondary N) is 2. The third-order valence-corrected chi connectivity index (χ3v) is 3.82. The van der Waals surface area contributed by atoms with Crippen LogP contribution in [0.15, 0.2) is 36.7 Å². The summed E-state index contributed by atoms with van der Waals surface area (Å²) in [4.78, 5) is 20.4. The van der Waals surface area contributed by atoms with Gasteiger partial charge in [0.05, 0.1) is 12.4 Å². The Bertz CT molecular complexity index is 639. The second-order valence-corrected chi connectivity index (χ2v) is 5.22. The van der Waals surface area contributed by atoms with Crippen molar-refractivity contribution in [1.82, 2.24) is 15.3 Å². The first-order valence-corrected chi connectivity index (χ1v) is 7.13. The molecule has 21 heavy (non-hydrogen) atoms. The first-order valence-electron chi connectivity index (χ1n) is 7.13. The minimum Gasteiger partial charge on any atom is -0.372 e. The van der Waals surface area contributed by atoms with Gasteiger partial charge in [-0.15, -0.1) is 0 Å². The number of rotatable bonds is 3. The van der Waals surface area contributed by atoms with Crippen molar-refractivity contribution in [2.45, 2.75) is 25.3 Å². The Morgan fingerprint density at radius 1 is 1.19 bits per heavy atom. The minimum atomic E-state index is -0.158. The van der Waals surface area contributed by atoms with Crippen LogP contribution in [0.25, 0.3) is 0 Å². The number of hydrogen-bond donors (Lipinski definition) is 2. The van der Waals surface area contributed by atoms with Crippen LogP contribution in [-0.2, 0) is 12.8 Å². The number of fused-ring (bicyclic) bond motifs is 1. The summed E-state index contributed by atoms with van der Waals surface area (Å²) in [5.41, 5.74) is 3.07. The van der Waals surface area contributed by atoms with Crippen LogP contribution < -0.4 is 10.6 Å². The number of aromatic nitrogens is 2. The predicted molar refractivity (Wildman–Crippen MR) is 81.3 cm³/mol. The van der Waals surface area contributed by atoms with E-state index in [1.165, 1.54) is 17.3 Å². The number of hydrogen-bond acceptors (Lipinski definition) is 4. The molecule has 0 saturated carbocycles. The van der Waals surface area contributed by atoms with Crippen LogP contribution in [0.2, 0.25) is 0 Å². The Labute approximate surface area is 123 Å². The normalized spacial score (nSPS) is 16.9. The van der Waals surface area contributed by atoms with Crippen molar-refractivity contribution in [3.05, 3.63) is 53.5 Å². The van der Waals surface area contributed by atoms with Crippen molar-refractivity contribution < 1.29 is 4.79 Å². The van der Waals surface area contributed by atoms with E-state index in [2.05, 4.69) is 38.8 Å². The van der Waals surface area contributed by atoms with Crippen molar-refractivity contribution >= 4 is 11.7 Å². The van der Waals surface area contributed by atoms with Crippen molar-refractivity contribution in [1.29, 1.82) is 0 Å². The van der Waals surface area contributed by atoms with Crippen LogP contribution >= 0.6 is 0 Å². The second kappa shape index (κ2) is 5.91. The van der Waals surface area contributed by atoms with Crippen LogP contribution in [0.3, 0.4) is 0 Å². The van der Waals surface area contributed by atoms with Crippen molar-refractivity contribution in [3.8, 4) is 0 Å². The van der Waals surface area contributed by atoms with Crippen LogP contribution in [-0.4, -0.2) is 29.0 Å². The van der Waals surface area contributed by atoms with E-state index < -0.39 is 0 Å². The van der Waals surface area contributed by atoms with Crippen molar-refractivity contribution in [3.63, 3.8) is 0 Å². The van der Waals surface area contributed by atoms with E-state index in [9.17, 15) is 4.79 Å². The molecule has 5 heteroatoms. The highest BCUT2D eigenvalue weighted by atomic mass is 16.1. The number of nitrogens with zero attached hydrogens (tertiary/aromatic N) is 2. The summed E-state index contributed by atoms with van der Waals surface area (Å²) in [5, 5.41) is 5.93. The number of amides is 1. The molecule has 0 bridgehead atoms. The molecule has 2 N–H and O–H groups in total. The topological polar surface area (TPSA) is 66.9 Å². The molecule has 1 aliphatic rings. The van der Waals surface area contributed by atoms with E-state index in [1.54, 1.807) is 13.2 Å². The Balaban J connectivity index is 1.65. The molecule has 1 aromatic carbocycles. The third-order valence-electron chi connectivity index (χ3n) is 3.82. The summed E-state index contributed by atoms with van der Waals surface area (Å²) < 4.78 is 0. The number of aryl methyl sites for hydroxylation is 1. The summed E-state index contributed by atoms with van der Waals surface area (Å²) in [6.07, 6.45) is 5.91. The maximum absolute atomic E-state index is 12.2. The molecule has 1 heterocycles. The maximum Gasteiger partial charge on any atom is 0.271 e. The van der Waals surface area contributed by atoms with Gasteiger partial charge in [-0.2, -0.15) is 0 Å². The van der Waals surface area contributed by atoms with E-state index in [0.29, 0.717) is 11.5 Å². The summed E-state index contributed by atoms with van der Waals surface area (Å²) >= 11 is 0. The Kier molecular flexibility index (Phi) is 3.81. The van der Waals surface area contributed by atoms with Crippen LogP contribution in [0.4, 0.5) is 5.82 Å². The highest BCUT2D eigenvalue weighted by molar-refractivity contribution is 5.92. The van der Waals surface area contributed by atoms with Gasteiger partial charge in [0, 0.05) is 13.1 Å². The molecule has 0 spiro atoms. The molecule has 3 rings (SSSR count). The molecule has 1 aliphatic carbocycles. The first-order chi connectivity index (χ1) is 10.3. The fourth-order valence-corrected chi connectivity index (χ4v) is 2.65. The van der Waals surface area contributed by atoms with E-state index in [-0.39, 0.29) is 11.9 Å². The molecule has 0 radical (unpaired) electrons. The van der Waals surface area contributed by atoms with E-state index in [1.807, 2.05) is 6.07 Å². The van der Waals surface area contributed by atoms with Gasteiger partial charge in [0.2, 0.25) is 0 Å². The number of anilines is 1. The zero-order valence-electron chi connectivity index (χ0n) is 12.0. The van der Waals surface area contributed by atoms with Gasteiger partial charge < -0.3 is 10.6 Å². The number of carbonyl (C=O) groups excluding carboxylic acids is 1. The summed E-state index contributed by atoms with van der Waals surface area (Å²) in [7, 11) is 1.77. The Morgan fingerprint density at radius 3 is 2.71 bits per heavy atom. The number of carbonyl (C=O) groups is 1. The van der Waals surface area contributed by atoms with Gasteiger partial charge >= 0.3 is 0 Å². The second-order valence-electron chi connectivity index (χ2n) is 5.22.